The summed E-state index contributed by atoms with van der Waals surface area (Å²) >= 11 is 0. The van der Waals surface area contributed by atoms with Gasteiger partial charge in [0.1, 0.15) is 6.04 Å². The van der Waals surface area contributed by atoms with Gasteiger partial charge in [-0.05, 0) is 5.21 Å². The molecule has 0 fully saturated rings. The van der Waals surface area contributed by atoms with Gasteiger partial charge in [-0.15, -0.1) is 5.10 Å². The number of tetrazole rings is 1. The summed E-state index contributed by atoms with van der Waals surface area (Å²) < 4.78 is 4.69. The highest BCUT2D eigenvalue weighted by molar-refractivity contribution is 5.93. The van der Waals surface area contributed by atoms with Crippen LogP contribution in [0.2, 0.25) is 0 Å². The van der Waals surface area contributed by atoms with Gasteiger partial charge >= 0.3 is 0 Å². The van der Waals surface area contributed by atoms with E-state index in [0.29, 0.717) is 0 Å². The van der Waals surface area contributed by atoms with Gasteiger partial charge in [-0.1, -0.05) is 5.10 Å². The van der Waals surface area contributed by atoms with Crippen molar-refractivity contribution in [2.45, 2.75) is 6.04 Å². The summed E-state index contributed by atoms with van der Waals surface area (Å²) in [5, 5.41) is 14.8. The first-order valence-corrected chi connectivity index (χ1v) is 3.53. The zero-order valence-electron chi connectivity index (χ0n) is 7.02. The minimum absolute atomic E-state index is 0.0940. The summed E-state index contributed by atoms with van der Waals surface area (Å²) in [5.74, 6) is -0.320. The van der Waals surface area contributed by atoms with Gasteiger partial charge in [0.05, 0.1) is 6.61 Å². The molecule has 0 saturated carbocycles. The molecular weight excluding hydrogens is 176 g/mol. The lowest BCUT2D eigenvalue weighted by molar-refractivity contribution is -0.118. The molecule has 1 rings (SSSR count). The van der Waals surface area contributed by atoms with Crippen molar-refractivity contribution in [2.75, 3.05) is 19.0 Å². The van der Waals surface area contributed by atoms with Crippen molar-refractivity contribution in [2.24, 2.45) is 5.73 Å². The predicted molar refractivity (Wildman–Crippen MR) is 42.7 cm³/mol. The number of carbonyl (C=O) groups is 1. The molecular formula is C5H10N6O2. The second-order valence-corrected chi connectivity index (χ2v) is 2.29. The molecule has 8 heteroatoms. The zero-order chi connectivity index (χ0) is 9.68. The Morgan fingerprint density at radius 1 is 1.85 bits per heavy atom. The van der Waals surface area contributed by atoms with E-state index in [1.165, 1.54) is 7.11 Å². The summed E-state index contributed by atoms with van der Waals surface area (Å²) in [6.07, 6.45) is 0. The number of amides is 1. The van der Waals surface area contributed by atoms with Gasteiger partial charge in [-0.3, -0.25) is 10.1 Å². The average molecular weight is 186 g/mol. The fourth-order valence-corrected chi connectivity index (χ4v) is 0.673. The van der Waals surface area contributed by atoms with Crippen LogP contribution in [-0.2, 0) is 9.53 Å². The van der Waals surface area contributed by atoms with Crippen molar-refractivity contribution in [1.82, 2.24) is 20.6 Å². The molecule has 1 atom stereocenters. The Bertz CT molecular complexity index is 260. The van der Waals surface area contributed by atoms with Crippen molar-refractivity contribution in [3.8, 4) is 0 Å². The zero-order valence-corrected chi connectivity index (χ0v) is 7.02. The van der Waals surface area contributed by atoms with Crippen LogP contribution in [0.5, 0.6) is 0 Å². The number of hydrogen-bond acceptors (Lipinski definition) is 6. The number of H-pyrrole nitrogens is 1. The third-order valence-corrected chi connectivity index (χ3v) is 1.26. The first kappa shape index (κ1) is 9.55. The second-order valence-electron chi connectivity index (χ2n) is 2.29. The average Bonchev–Trinajstić information content (AvgIpc) is 2.57. The minimum Gasteiger partial charge on any atom is -0.383 e. The molecule has 0 aromatic carbocycles. The van der Waals surface area contributed by atoms with Gasteiger partial charge < -0.3 is 10.5 Å². The second kappa shape index (κ2) is 4.48. The third kappa shape index (κ3) is 2.76. The molecule has 1 aromatic heterocycles. The number of rotatable bonds is 4. The van der Waals surface area contributed by atoms with Crippen LogP contribution in [0.3, 0.4) is 0 Å². The largest absolute Gasteiger partial charge is 0.383 e. The van der Waals surface area contributed by atoms with E-state index in [9.17, 15) is 4.79 Å². The highest BCUT2D eigenvalue weighted by Crippen LogP contribution is 1.92. The number of nitrogens with two attached hydrogens (primary N) is 1. The van der Waals surface area contributed by atoms with Crippen molar-refractivity contribution < 1.29 is 9.53 Å². The van der Waals surface area contributed by atoms with Gasteiger partial charge in [0, 0.05) is 7.11 Å². The summed E-state index contributed by atoms with van der Waals surface area (Å²) in [5.41, 5.74) is 5.42. The Kier molecular flexibility index (Phi) is 3.29. The maximum Gasteiger partial charge on any atom is 0.269 e. The normalized spacial score (nSPS) is 12.5. The number of nitrogens with one attached hydrogen (secondary N) is 2. The standard InChI is InChI=1S/C5H10N6O2/c1-13-2-3(6)4(12)7-5-8-10-11-9-5/h3H,2,6H2,1H3,(H2,7,8,9,10,11,12). The van der Waals surface area contributed by atoms with E-state index in [0.717, 1.165) is 0 Å². The van der Waals surface area contributed by atoms with Crippen LogP contribution in [0.25, 0.3) is 0 Å². The van der Waals surface area contributed by atoms with Crippen molar-refractivity contribution in [1.29, 1.82) is 0 Å². The van der Waals surface area contributed by atoms with E-state index in [1.54, 1.807) is 0 Å². The lowest BCUT2D eigenvalue weighted by Crippen LogP contribution is -2.39. The monoisotopic (exact) mass is 186 g/mol. The van der Waals surface area contributed by atoms with Crippen molar-refractivity contribution in [3.63, 3.8) is 0 Å². The molecule has 0 spiro atoms. The Balaban J connectivity index is 2.41. The Morgan fingerprint density at radius 2 is 2.62 bits per heavy atom. The molecule has 0 aliphatic carbocycles. The lowest BCUT2D eigenvalue weighted by atomic mass is 10.3. The molecule has 0 saturated heterocycles. The molecule has 1 aromatic rings. The molecule has 1 amide bonds. The van der Waals surface area contributed by atoms with Crippen LogP contribution in [0.15, 0.2) is 0 Å². The molecule has 13 heavy (non-hydrogen) atoms. The van der Waals surface area contributed by atoms with Crippen LogP contribution in [-0.4, -0.2) is 46.3 Å². The fraction of sp³-hybridized carbons (Fsp3) is 0.600. The number of anilines is 1. The van der Waals surface area contributed by atoms with Gasteiger partial charge in [-0.2, -0.15) is 5.21 Å². The van der Waals surface area contributed by atoms with Crippen LogP contribution >= 0.6 is 0 Å². The smallest absolute Gasteiger partial charge is 0.269 e. The highest BCUT2D eigenvalue weighted by atomic mass is 16.5. The Hall–Kier alpha value is -1.54. The van der Waals surface area contributed by atoms with Crippen molar-refractivity contribution >= 4 is 11.9 Å². The molecule has 0 radical (unpaired) electrons. The number of carbonyl (C=O) groups excluding carboxylic acids is 1. The van der Waals surface area contributed by atoms with E-state index < -0.39 is 11.9 Å². The van der Waals surface area contributed by atoms with E-state index in [-0.39, 0.29) is 12.6 Å². The van der Waals surface area contributed by atoms with E-state index in [4.69, 9.17) is 10.5 Å². The van der Waals surface area contributed by atoms with Gasteiger partial charge in [-0.25, -0.2) is 0 Å². The maximum atomic E-state index is 11.2. The van der Waals surface area contributed by atoms with Crippen LogP contribution in [0.4, 0.5) is 5.95 Å². The number of methoxy groups -OCH3 is 1. The highest BCUT2D eigenvalue weighted by Gasteiger charge is 2.14. The molecule has 1 unspecified atom stereocenters. The Labute approximate surface area is 73.8 Å². The first-order valence-electron chi connectivity index (χ1n) is 3.53. The summed E-state index contributed by atoms with van der Waals surface area (Å²) in [7, 11) is 1.46. The molecule has 8 nitrogen and oxygen atoms in total. The number of aromatic amines is 1. The van der Waals surface area contributed by atoms with E-state index in [2.05, 4.69) is 25.9 Å². The first-order chi connectivity index (χ1) is 6.24. The minimum atomic E-state index is -0.733. The molecule has 0 bridgehead atoms. The maximum absolute atomic E-state index is 11.2. The van der Waals surface area contributed by atoms with Gasteiger partial charge in [0.15, 0.2) is 0 Å². The Morgan fingerprint density at radius 3 is 3.15 bits per heavy atom. The molecule has 72 valence electrons. The molecule has 0 aliphatic heterocycles. The summed E-state index contributed by atoms with van der Waals surface area (Å²) in [4.78, 5) is 11.2. The fourth-order valence-electron chi connectivity index (χ4n) is 0.673. The van der Waals surface area contributed by atoms with Crippen LogP contribution in [0, 0.1) is 0 Å². The molecule has 4 N–H and O–H groups in total. The number of aromatic nitrogens is 4. The topological polar surface area (TPSA) is 119 Å². The van der Waals surface area contributed by atoms with Gasteiger partial charge in [0.2, 0.25) is 5.91 Å². The van der Waals surface area contributed by atoms with Gasteiger partial charge in [0.25, 0.3) is 5.95 Å². The third-order valence-electron chi connectivity index (χ3n) is 1.26. The predicted octanol–water partition coefficient (Wildman–Crippen LogP) is -1.89. The van der Waals surface area contributed by atoms with Crippen molar-refractivity contribution in [3.05, 3.63) is 0 Å². The number of nitrogens with zero attached hydrogens (tertiary/aromatic N) is 3. The van der Waals surface area contributed by atoms with Crippen LogP contribution in [0.1, 0.15) is 0 Å². The summed E-state index contributed by atoms with van der Waals surface area (Å²) in [6, 6.07) is -0.733. The quantitative estimate of drug-likeness (QED) is 0.506. The van der Waals surface area contributed by atoms with Crippen LogP contribution < -0.4 is 11.1 Å². The van der Waals surface area contributed by atoms with E-state index in [1.807, 2.05) is 0 Å². The van der Waals surface area contributed by atoms with E-state index >= 15 is 0 Å². The molecule has 1 heterocycles. The summed E-state index contributed by atoms with van der Waals surface area (Å²) in [6.45, 7) is 0.143. The number of hydrogen-bond donors (Lipinski definition) is 3. The molecule has 0 aliphatic rings. The lowest BCUT2D eigenvalue weighted by Gasteiger charge is -2.07. The SMILES string of the molecule is COCC(N)C(=O)Nc1nn[nH]n1. The number of ether oxygens (including phenoxy) is 1.